The fraction of sp³-hybridized carbons (Fsp3) is 0.353. The number of nitrogens with one attached hydrogen (secondary N) is 1. The number of carboxylic acids is 1. The second-order valence-corrected chi connectivity index (χ2v) is 8.96. The van der Waals surface area contributed by atoms with Gasteiger partial charge in [0, 0.05) is 23.6 Å². The third-order valence-electron chi connectivity index (χ3n) is 3.72. The van der Waals surface area contributed by atoms with Gasteiger partial charge in [-0.25, -0.2) is 26.7 Å². The maximum Gasteiger partial charge on any atom is 0.336 e. The fourth-order valence-electron chi connectivity index (χ4n) is 2.42. The van der Waals surface area contributed by atoms with Gasteiger partial charge in [0.25, 0.3) is 0 Å². The summed E-state index contributed by atoms with van der Waals surface area (Å²) < 4.78 is 59.7. The topological polar surface area (TPSA) is 92.7 Å². The number of carboxylic acid groups (broad SMARTS) is 1. The van der Waals surface area contributed by atoms with Gasteiger partial charge in [-0.2, -0.15) is 0 Å². The Morgan fingerprint density at radius 3 is 2.59 bits per heavy atom. The largest absolute Gasteiger partial charge is 0.478 e. The smallest absolute Gasteiger partial charge is 0.336 e. The molecule has 2 rings (SSSR count). The Labute approximate surface area is 159 Å². The molecule has 0 saturated carbocycles. The van der Waals surface area contributed by atoms with Gasteiger partial charge in [-0.1, -0.05) is 6.07 Å². The number of ether oxygens (including phenoxy) is 1. The molecule has 0 radical (unpaired) electrons. The summed E-state index contributed by atoms with van der Waals surface area (Å²) >= 11 is 0.831. The quantitative estimate of drug-likeness (QED) is 0.652. The molecule has 1 heterocycles. The van der Waals surface area contributed by atoms with Gasteiger partial charge in [-0.15, -0.1) is 11.3 Å². The summed E-state index contributed by atoms with van der Waals surface area (Å²) in [6.07, 6.45) is -0.0541. The normalized spacial score (nSPS) is 12.9. The third kappa shape index (κ3) is 5.55. The van der Waals surface area contributed by atoms with E-state index in [1.54, 1.807) is 6.92 Å². The average Bonchev–Trinajstić information content (AvgIpc) is 2.98. The van der Waals surface area contributed by atoms with Crippen molar-refractivity contribution in [1.29, 1.82) is 0 Å². The Balaban J connectivity index is 2.25. The minimum Gasteiger partial charge on any atom is -0.478 e. The molecule has 0 fully saturated rings. The van der Waals surface area contributed by atoms with Gasteiger partial charge < -0.3 is 9.84 Å². The maximum atomic E-state index is 13.9. The van der Waals surface area contributed by atoms with Crippen LogP contribution in [-0.4, -0.2) is 38.7 Å². The summed E-state index contributed by atoms with van der Waals surface area (Å²) in [6, 6.07) is 3.33. The van der Waals surface area contributed by atoms with E-state index in [4.69, 9.17) is 9.84 Å². The molecule has 0 aliphatic carbocycles. The van der Waals surface area contributed by atoms with Gasteiger partial charge in [-0.3, -0.25) is 0 Å². The highest BCUT2D eigenvalue weighted by atomic mass is 32.2. The molecule has 2 aromatic rings. The van der Waals surface area contributed by atoms with Crippen LogP contribution < -0.4 is 4.72 Å². The number of halogens is 2. The molecule has 0 amide bonds. The third-order valence-corrected chi connectivity index (χ3v) is 6.76. The minimum atomic E-state index is -4.04. The molecule has 148 valence electrons. The fourth-order valence-corrected chi connectivity index (χ4v) is 5.10. The van der Waals surface area contributed by atoms with E-state index in [1.165, 1.54) is 13.0 Å². The van der Waals surface area contributed by atoms with Crippen LogP contribution in [0.25, 0.3) is 0 Å². The number of benzene rings is 1. The second-order valence-electron chi connectivity index (χ2n) is 5.76. The number of carbonyl (C=O) groups is 1. The van der Waals surface area contributed by atoms with E-state index in [0.29, 0.717) is 11.5 Å². The molecule has 0 spiro atoms. The van der Waals surface area contributed by atoms with Gasteiger partial charge in [0.05, 0.1) is 12.2 Å². The highest BCUT2D eigenvalue weighted by Crippen LogP contribution is 2.26. The lowest BCUT2D eigenvalue weighted by atomic mass is 10.1. The number of aromatic carboxylic acids is 1. The standard InChI is InChI=1S/C17H19F2NO5S2/c1-3-25-9-13(6-11-4-5-12(18)7-15(11)19)20-27(23,24)16-8-14(17(21)22)10(2)26-16/h4-5,7-8,13,20H,3,6,9H2,1-2H3,(H,21,22). The highest BCUT2D eigenvalue weighted by molar-refractivity contribution is 7.91. The van der Waals surface area contributed by atoms with Crippen LogP contribution in [0.5, 0.6) is 0 Å². The number of hydrogen-bond donors (Lipinski definition) is 2. The van der Waals surface area contributed by atoms with Crippen LogP contribution in [-0.2, 0) is 21.2 Å². The predicted octanol–water partition coefficient (Wildman–Crippen LogP) is 2.96. The van der Waals surface area contributed by atoms with Crippen molar-refractivity contribution in [2.45, 2.75) is 30.5 Å². The van der Waals surface area contributed by atoms with Crippen molar-refractivity contribution < 1.29 is 31.8 Å². The van der Waals surface area contributed by atoms with Crippen molar-refractivity contribution in [1.82, 2.24) is 4.72 Å². The Bertz CT molecular complexity index is 927. The first-order valence-electron chi connectivity index (χ1n) is 8.01. The SMILES string of the molecule is CCOCC(Cc1ccc(F)cc1F)NS(=O)(=O)c1cc(C(=O)O)c(C)s1. The Morgan fingerprint density at radius 1 is 1.33 bits per heavy atom. The zero-order valence-corrected chi connectivity index (χ0v) is 16.3. The molecule has 1 unspecified atom stereocenters. The van der Waals surface area contributed by atoms with Gasteiger partial charge >= 0.3 is 5.97 Å². The monoisotopic (exact) mass is 419 g/mol. The van der Waals surface area contributed by atoms with Crippen LogP contribution in [0.15, 0.2) is 28.5 Å². The summed E-state index contributed by atoms with van der Waals surface area (Å²) in [5.41, 5.74) is 0.0451. The molecule has 2 N–H and O–H groups in total. The minimum absolute atomic E-state index is 0.0251. The molecular weight excluding hydrogens is 400 g/mol. The summed E-state index contributed by atoms with van der Waals surface area (Å²) in [6.45, 7) is 3.54. The summed E-state index contributed by atoms with van der Waals surface area (Å²) in [4.78, 5) is 11.5. The van der Waals surface area contributed by atoms with E-state index in [9.17, 15) is 22.0 Å². The lowest BCUT2D eigenvalue weighted by Crippen LogP contribution is -2.39. The number of hydrogen-bond acceptors (Lipinski definition) is 5. The molecule has 0 bridgehead atoms. The van der Waals surface area contributed by atoms with E-state index in [1.807, 2.05) is 0 Å². The molecule has 0 aliphatic rings. The lowest BCUT2D eigenvalue weighted by Gasteiger charge is -2.18. The van der Waals surface area contributed by atoms with E-state index in [-0.39, 0.29) is 28.4 Å². The maximum absolute atomic E-state index is 13.9. The van der Waals surface area contributed by atoms with E-state index in [0.717, 1.165) is 29.5 Å². The number of thiophene rings is 1. The highest BCUT2D eigenvalue weighted by Gasteiger charge is 2.25. The van der Waals surface area contributed by atoms with Crippen molar-refractivity contribution in [2.24, 2.45) is 0 Å². The van der Waals surface area contributed by atoms with Gasteiger partial charge in [-0.05, 0) is 38.0 Å². The molecule has 10 heteroatoms. The van der Waals surface area contributed by atoms with E-state index < -0.39 is 33.7 Å². The second kappa shape index (κ2) is 8.87. The first kappa shape index (κ1) is 21.4. The van der Waals surface area contributed by atoms with Crippen LogP contribution >= 0.6 is 11.3 Å². The summed E-state index contributed by atoms with van der Waals surface area (Å²) in [7, 11) is -4.04. The average molecular weight is 419 g/mol. The zero-order valence-electron chi connectivity index (χ0n) is 14.7. The van der Waals surface area contributed by atoms with Gasteiger partial charge in [0.15, 0.2) is 0 Å². The van der Waals surface area contributed by atoms with Crippen LogP contribution in [0.3, 0.4) is 0 Å². The summed E-state index contributed by atoms with van der Waals surface area (Å²) in [5, 5.41) is 9.09. The van der Waals surface area contributed by atoms with Crippen LogP contribution in [0.4, 0.5) is 8.78 Å². The number of aryl methyl sites for hydroxylation is 1. The van der Waals surface area contributed by atoms with Crippen LogP contribution in [0.1, 0.15) is 27.7 Å². The molecule has 27 heavy (non-hydrogen) atoms. The number of rotatable bonds is 9. The molecular formula is C17H19F2NO5S2. The Kier molecular flexibility index (Phi) is 7.04. The zero-order chi connectivity index (χ0) is 20.2. The summed E-state index contributed by atoms with van der Waals surface area (Å²) in [5.74, 6) is -2.73. The lowest BCUT2D eigenvalue weighted by molar-refractivity contribution is 0.0696. The van der Waals surface area contributed by atoms with E-state index >= 15 is 0 Å². The first-order chi connectivity index (χ1) is 12.6. The van der Waals surface area contributed by atoms with E-state index in [2.05, 4.69) is 4.72 Å². The molecule has 1 aromatic carbocycles. The Morgan fingerprint density at radius 2 is 2.04 bits per heavy atom. The van der Waals surface area contributed by atoms with Crippen molar-refractivity contribution in [3.05, 3.63) is 51.9 Å². The van der Waals surface area contributed by atoms with Gasteiger partial charge in [0.2, 0.25) is 10.0 Å². The van der Waals surface area contributed by atoms with Gasteiger partial charge in [0.1, 0.15) is 15.8 Å². The van der Waals surface area contributed by atoms with Crippen LogP contribution in [0, 0.1) is 18.6 Å². The van der Waals surface area contributed by atoms with Crippen molar-refractivity contribution in [3.63, 3.8) is 0 Å². The number of sulfonamides is 1. The molecule has 6 nitrogen and oxygen atoms in total. The molecule has 0 aliphatic heterocycles. The predicted molar refractivity (Wildman–Crippen MR) is 96.7 cm³/mol. The molecule has 1 atom stereocenters. The molecule has 0 saturated heterocycles. The van der Waals surface area contributed by atoms with Crippen molar-refractivity contribution >= 4 is 27.3 Å². The Hall–Kier alpha value is -1.88. The van der Waals surface area contributed by atoms with Crippen LogP contribution in [0.2, 0.25) is 0 Å². The van der Waals surface area contributed by atoms with Crippen molar-refractivity contribution in [3.8, 4) is 0 Å². The van der Waals surface area contributed by atoms with Crippen molar-refractivity contribution in [2.75, 3.05) is 13.2 Å². The molecule has 1 aromatic heterocycles. The first-order valence-corrected chi connectivity index (χ1v) is 10.3.